The van der Waals surface area contributed by atoms with Crippen molar-refractivity contribution in [1.82, 2.24) is 19.4 Å². The predicted molar refractivity (Wildman–Crippen MR) is 100 cm³/mol. The van der Waals surface area contributed by atoms with E-state index < -0.39 is 5.82 Å². The normalized spacial score (nSPS) is 16.5. The first-order chi connectivity index (χ1) is 13.1. The van der Waals surface area contributed by atoms with E-state index in [-0.39, 0.29) is 5.91 Å². The van der Waals surface area contributed by atoms with E-state index in [0.717, 1.165) is 35.8 Å². The highest BCUT2D eigenvalue weighted by molar-refractivity contribution is 7.08. The van der Waals surface area contributed by atoms with Crippen molar-refractivity contribution in [3.05, 3.63) is 52.0 Å². The van der Waals surface area contributed by atoms with E-state index >= 15 is 0 Å². The van der Waals surface area contributed by atoms with Gasteiger partial charge in [0, 0.05) is 23.2 Å². The van der Waals surface area contributed by atoms with Gasteiger partial charge in [0.25, 0.3) is 5.91 Å². The summed E-state index contributed by atoms with van der Waals surface area (Å²) in [5.41, 5.74) is 3.56. The van der Waals surface area contributed by atoms with Crippen molar-refractivity contribution in [2.45, 2.75) is 44.4 Å². The standard InChI is InChI=1S/C19H18FN5OS/c1-10-18(27-24-22-10)19(26)21-13-6-7-16(14(20)8-13)25-17(12-4-5-12)9-15(23-25)11-2-3-11/h6-9,11-12H,2-5H2,1H3,(H,21,26). The smallest absolute Gasteiger partial charge is 0.269 e. The molecule has 0 saturated heterocycles. The van der Waals surface area contributed by atoms with Gasteiger partial charge in [0.1, 0.15) is 10.6 Å². The Bertz CT molecular complexity index is 1030. The number of carbonyl (C=O) groups excluding carboxylic acids is 1. The zero-order valence-electron chi connectivity index (χ0n) is 14.8. The molecular weight excluding hydrogens is 365 g/mol. The van der Waals surface area contributed by atoms with Crippen LogP contribution in [0.15, 0.2) is 24.3 Å². The lowest BCUT2D eigenvalue weighted by atomic mass is 10.2. The Morgan fingerprint density at radius 3 is 2.63 bits per heavy atom. The third-order valence-corrected chi connectivity index (χ3v) is 5.87. The highest BCUT2D eigenvalue weighted by Gasteiger charge is 2.33. The van der Waals surface area contributed by atoms with Crippen LogP contribution in [0.2, 0.25) is 0 Å². The van der Waals surface area contributed by atoms with Gasteiger partial charge in [-0.15, -0.1) is 5.10 Å². The lowest BCUT2D eigenvalue weighted by Gasteiger charge is -2.10. The average Bonchev–Trinajstić information content (AvgIpc) is 3.57. The lowest BCUT2D eigenvalue weighted by molar-refractivity contribution is 0.103. The molecule has 0 bridgehead atoms. The lowest BCUT2D eigenvalue weighted by Crippen LogP contribution is -2.12. The summed E-state index contributed by atoms with van der Waals surface area (Å²) in [6.07, 6.45) is 4.60. The molecule has 5 rings (SSSR count). The number of benzene rings is 1. The maximum atomic E-state index is 14.9. The fourth-order valence-electron chi connectivity index (χ4n) is 3.24. The fraction of sp³-hybridized carbons (Fsp3) is 0.368. The number of halogens is 1. The summed E-state index contributed by atoms with van der Waals surface area (Å²) in [5.74, 6) is 0.273. The summed E-state index contributed by atoms with van der Waals surface area (Å²) in [7, 11) is 0. The summed E-state index contributed by atoms with van der Waals surface area (Å²) in [4.78, 5) is 12.7. The van der Waals surface area contributed by atoms with Gasteiger partial charge < -0.3 is 5.32 Å². The molecule has 3 aromatic rings. The highest BCUT2D eigenvalue weighted by Crippen LogP contribution is 2.45. The molecule has 0 spiro atoms. The van der Waals surface area contributed by atoms with Crippen molar-refractivity contribution in [2.75, 3.05) is 5.32 Å². The Labute approximate surface area is 159 Å². The van der Waals surface area contributed by atoms with E-state index in [1.165, 1.54) is 18.9 Å². The Morgan fingerprint density at radius 2 is 2.00 bits per heavy atom. The van der Waals surface area contributed by atoms with E-state index in [1.807, 2.05) is 0 Å². The molecule has 2 saturated carbocycles. The largest absolute Gasteiger partial charge is 0.321 e. The third kappa shape index (κ3) is 3.14. The Balaban J connectivity index is 1.43. The number of aryl methyl sites for hydroxylation is 1. The third-order valence-electron chi connectivity index (χ3n) is 5.04. The van der Waals surface area contributed by atoms with Crippen molar-refractivity contribution < 1.29 is 9.18 Å². The Hall–Kier alpha value is -2.61. The van der Waals surface area contributed by atoms with E-state index in [2.05, 4.69) is 26.1 Å². The minimum absolute atomic E-state index is 0.330. The quantitative estimate of drug-likeness (QED) is 0.717. The molecule has 2 aliphatic rings. The van der Waals surface area contributed by atoms with Crippen LogP contribution in [0.1, 0.15) is 64.3 Å². The number of hydrogen-bond donors (Lipinski definition) is 1. The van der Waals surface area contributed by atoms with E-state index in [4.69, 9.17) is 0 Å². The van der Waals surface area contributed by atoms with E-state index in [9.17, 15) is 9.18 Å². The molecule has 0 radical (unpaired) electrons. The van der Waals surface area contributed by atoms with Crippen molar-refractivity contribution in [1.29, 1.82) is 0 Å². The number of carbonyl (C=O) groups is 1. The maximum Gasteiger partial charge on any atom is 0.269 e. The molecule has 2 aromatic heterocycles. The van der Waals surface area contributed by atoms with Crippen LogP contribution in [0.4, 0.5) is 10.1 Å². The average molecular weight is 383 g/mol. The molecule has 0 atom stereocenters. The van der Waals surface area contributed by atoms with Gasteiger partial charge in [0.2, 0.25) is 0 Å². The van der Waals surface area contributed by atoms with Gasteiger partial charge in [-0.3, -0.25) is 4.79 Å². The summed E-state index contributed by atoms with van der Waals surface area (Å²) >= 11 is 1.02. The van der Waals surface area contributed by atoms with Crippen molar-refractivity contribution in [2.24, 2.45) is 0 Å². The summed E-state index contributed by atoms with van der Waals surface area (Å²) in [6.45, 7) is 1.72. The van der Waals surface area contributed by atoms with Gasteiger partial charge in [-0.05, 0) is 68.4 Å². The predicted octanol–water partition coefficient (Wildman–Crippen LogP) is 4.18. The molecule has 1 N–H and O–H groups in total. The molecular formula is C19H18FN5OS. The van der Waals surface area contributed by atoms with Crippen molar-refractivity contribution in [3.63, 3.8) is 0 Å². The van der Waals surface area contributed by atoms with Crippen molar-refractivity contribution in [3.8, 4) is 5.69 Å². The van der Waals surface area contributed by atoms with Crippen LogP contribution in [-0.2, 0) is 0 Å². The van der Waals surface area contributed by atoms with E-state index in [0.29, 0.717) is 33.8 Å². The van der Waals surface area contributed by atoms with Crippen LogP contribution in [0.3, 0.4) is 0 Å². The van der Waals surface area contributed by atoms with Gasteiger partial charge in [-0.2, -0.15) is 5.10 Å². The Morgan fingerprint density at radius 1 is 1.22 bits per heavy atom. The van der Waals surface area contributed by atoms with Crippen molar-refractivity contribution >= 4 is 23.1 Å². The molecule has 8 heteroatoms. The van der Waals surface area contributed by atoms with Crippen LogP contribution in [0, 0.1) is 12.7 Å². The second-order valence-corrected chi connectivity index (χ2v) is 8.02. The number of anilines is 1. The van der Waals surface area contributed by atoms with Crippen LogP contribution in [-0.4, -0.2) is 25.3 Å². The van der Waals surface area contributed by atoms with Crippen LogP contribution >= 0.6 is 11.5 Å². The summed E-state index contributed by atoms with van der Waals surface area (Å²) < 4.78 is 20.4. The van der Waals surface area contributed by atoms with Gasteiger partial charge in [-0.25, -0.2) is 9.07 Å². The highest BCUT2D eigenvalue weighted by atomic mass is 32.1. The van der Waals surface area contributed by atoms with Gasteiger partial charge >= 0.3 is 0 Å². The molecule has 138 valence electrons. The number of nitrogens with one attached hydrogen (secondary N) is 1. The fourth-order valence-corrected chi connectivity index (χ4v) is 3.79. The minimum atomic E-state index is -0.403. The van der Waals surface area contributed by atoms with E-state index in [1.54, 1.807) is 23.7 Å². The molecule has 1 aromatic carbocycles. The molecule has 1 amide bonds. The zero-order valence-corrected chi connectivity index (χ0v) is 15.6. The molecule has 0 unspecified atom stereocenters. The van der Waals surface area contributed by atoms with Crippen LogP contribution < -0.4 is 5.32 Å². The first-order valence-corrected chi connectivity index (χ1v) is 9.87. The topological polar surface area (TPSA) is 72.7 Å². The molecule has 0 aliphatic heterocycles. The molecule has 6 nitrogen and oxygen atoms in total. The number of aromatic nitrogens is 4. The number of nitrogens with zero attached hydrogens (tertiary/aromatic N) is 4. The molecule has 2 fully saturated rings. The zero-order chi connectivity index (χ0) is 18.5. The SMILES string of the molecule is Cc1nnsc1C(=O)Nc1ccc(-n2nc(C3CC3)cc2C2CC2)c(F)c1. The summed E-state index contributed by atoms with van der Waals surface area (Å²) in [6, 6.07) is 6.86. The first kappa shape index (κ1) is 16.6. The van der Waals surface area contributed by atoms with Gasteiger partial charge in [0.15, 0.2) is 5.82 Å². The first-order valence-electron chi connectivity index (χ1n) is 9.10. The summed E-state index contributed by atoms with van der Waals surface area (Å²) in [5, 5.41) is 11.2. The van der Waals surface area contributed by atoms with Gasteiger partial charge in [0.05, 0.1) is 11.4 Å². The van der Waals surface area contributed by atoms with Crippen LogP contribution in [0.5, 0.6) is 0 Å². The van der Waals surface area contributed by atoms with Crippen LogP contribution in [0.25, 0.3) is 5.69 Å². The number of amides is 1. The number of rotatable bonds is 5. The Kier molecular flexibility index (Phi) is 3.82. The maximum absolute atomic E-state index is 14.9. The second kappa shape index (κ2) is 6.23. The van der Waals surface area contributed by atoms with Gasteiger partial charge in [-0.1, -0.05) is 4.49 Å². The number of hydrogen-bond acceptors (Lipinski definition) is 5. The minimum Gasteiger partial charge on any atom is -0.321 e. The molecule has 2 aliphatic carbocycles. The monoisotopic (exact) mass is 383 g/mol. The molecule has 27 heavy (non-hydrogen) atoms. The second-order valence-electron chi connectivity index (χ2n) is 7.26. The molecule has 2 heterocycles.